The molecule has 0 aliphatic rings. The van der Waals surface area contributed by atoms with Crippen LogP contribution in [0.15, 0.2) is 18.2 Å². The Bertz CT molecular complexity index is 336. The molecule has 1 unspecified atom stereocenters. The Labute approximate surface area is 95.2 Å². The van der Waals surface area contributed by atoms with E-state index in [1.807, 2.05) is 6.92 Å². The second-order valence-electron chi connectivity index (χ2n) is 3.52. The van der Waals surface area contributed by atoms with Gasteiger partial charge in [-0.3, -0.25) is 4.79 Å². The van der Waals surface area contributed by atoms with E-state index in [2.05, 4.69) is 6.92 Å². The van der Waals surface area contributed by atoms with Crippen molar-refractivity contribution < 1.29 is 9.53 Å². The van der Waals surface area contributed by atoms with Gasteiger partial charge in [0.05, 0.1) is 11.7 Å². The average molecular weight is 227 g/mol. The van der Waals surface area contributed by atoms with Crippen LogP contribution in [0.4, 0.5) is 0 Å². The number of benzene rings is 1. The highest BCUT2D eigenvalue weighted by Gasteiger charge is 2.07. The van der Waals surface area contributed by atoms with Gasteiger partial charge in [0.15, 0.2) is 6.29 Å². The van der Waals surface area contributed by atoms with Gasteiger partial charge in [0, 0.05) is 5.02 Å². The van der Waals surface area contributed by atoms with Gasteiger partial charge in [0.25, 0.3) is 0 Å². The molecule has 0 bridgehead atoms. The molecule has 15 heavy (non-hydrogen) atoms. The third kappa shape index (κ3) is 3.56. The summed E-state index contributed by atoms with van der Waals surface area (Å²) in [4.78, 5) is 10.8. The van der Waals surface area contributed by atoms with Gasteiger partial charge >= 0.3 is 0 Å². The Morgan fingerprint density at radius 1 is 1.53 bits per heavy atom. The maximum Gasteiger partial charge on any atom is 0.153 e. The minimum atomic E-state index is 0.120. The second kappa shape index (κ2) is 5.76. The molecule has 1 rings (SSSR count). The first-order chi connectivity index (χ1) is 7.17. The van der Waals surface area contributed by atoms with E-state index in [0.717, 1.165) is 19.1 Å². The molecule has 0 fully saturated rings. The van der Waals surface area contributed by atoms with Crippen LogP contribution < -0.4 is 4.74 Å². The van der Waals surface area contributed by atoms with Crippen molar-refractivity contribution in [1.29, 1.82) is 0 Å². The zero-order chi connectivity index (χ0) is 11.3. The lowest BCUT2D eigenvalue weighted by molar-refractivity contribution is 0.111. The summed E-state index contributed by atoms with van der Waals surface area (Å²) in [7, 11) is 0. The summed E-state index contributed by atoms with van der Waals surface area (Å²) >= 11 is 5.78. The number of hydrogen-bond acceptors (Lipinski definition) is 2. The van der Waals surface area contributed by atoms with Crippen LogP contribution in [-0.4, -0.2) is 12.4 Å². The molecule has 82 valence electrons. The van der Waals surface area contributed by atoms with Crippen LogP contribution in [0.3, 0.4) is 0 Å². The Morgan fingerprint density at radius 3 is 2.87 bits per heavy atom. The summed E-state index contributed by atoms with van der Waals surface area (Å²) < 4.78 is 5.64. The fraction of sp³-hybridized carbons (Fsp3) is 0.417. The van der Waals surface area contributed by atoms with Gasteiger partial charge < -0.3 is 4.74 Å². The maximum atomic E-state index is 10.8. The number of carbonyl (C=O) groups is 1. The first-order valence-corrected chi connectivity index (χ1v) is 5.46. The molecule has 0 radical (unpaired) electrons. The maximum absolute atomic E-state index is 10.8. The van der Waals surface area contributed by atoms with Crippen LogP contribution in [0.5, 0.6) is 5.75 Å². The lowest BCUT2D eigenvalue weighted by Gasteiger charge is -2.15. The van der Waals surface area contributed by atoms with Crippen molar-refractivity contribution in [2.45, 2.75) is 32.8 Å². The Morgan fingerprint density at radius 2 is 2.27 bits per heavy atom. The zero-order valence-corrected chi connectivity index (χ0v) is 9.75. The Kier molecular flexibility index (Phi) is 4.63. The molecule has 1 atom stereocenters. The molecular formula is C12H15ClO2. The molecule has 0 aliphatic heterocycles. The lowest BCUT2D eigenvalue weighted by atomic mass is 10.2. The minimum Gasteiger partial charge on any atom is -0.490 e. The number of aldehydes is 1. The number of halogens is 1. The van der Waals surface area contributed by atoms with Crippen LogP contribution in [0.1, 0.15) is 37.0 Å². The summed E-state index contributed by atoms with van der Waals surface area (Å²) in [6.45, 7) is 4.09. The number of rotatable bonds is 5. The normalized spacial score (nSPS) is 12.2. The monoisotopic (exact) mass is 226 g/mol. The zero-order valence-electron chi connectivity index (χ0n) is 9.00. The van der Waals surface area contributed by atoms with E-state index >= 15 is 0 Å². The largest absolute Gasteiger partial charge is 0.490 e. The molecule has 0 saturated heterocycles. The van der Waals surface area contributed by atoms with Gasteiger partial charge in [0.1, 0.15) is 5.75 Å². The highest BCUT2D eigenvalue weighted by atomic mass is 35.5. The molecule has 1 aromatic carbocycles. The number of hydrogen-bond donors (Lipinski definition) is 0. The van der Waals surface area contributed by atoms with Crippen LogP contribution in [0.2, 0.25) is 5.02 Å². The molecule has 0 spiro atoms. The lowest BCUT2D eigenvalue weighted by Crippen LogP contribution is -2.12. The van der Waals surface area contributed by atoms with E-state index in [0.29, 0.717) is 16.3 Å². The second-order valence-corrected chi connectivity index (χ2v) is 3.95. The first kappa shape index (κ1) is 12.1. The predicted molar refractivity (Wildman–Crippen MR) is 61.8 cm³/mol. The molecule has 0 heterocycles. The van der Waals surface area contributed by atoms with Crippen molar-refractivity contribution in [2.24, 2.45) is 0 Å². The third-order valence-corrected chi connectivity index (χ3v) is 2.36. The van der Waals surface area contributed by atoms with E-state index in [1.165, 1.54) is 0 Å². The van der Waals surface area contributed by atoms with Gasteiger partial charge in [-0.1, -0.05) is 24.9 Å². The fourth-order valence-corrected chi connectivity index (χ4v) is 1.58. The minimum absolute atomic E-state index is 0.120. The molecule has 0 amide bonds. The molecule has 0 aromatic heterocycles. The SMILES string of the molecule is CCCC(C)Oc1ccc(Cl)cc1C=O. The molecule has 0 N–H and O–H groups in total. The third-order valence-electron chi connectivity index (χ3n) is 2.12. The van der Waals surface area contributed by atoms with Crippen LogP contribution in [0.25, 0.3) is 0 Å². The van der Waals surface area contributed by atoms with E-state index in [4.69, 9.17) is 16.3 Å². The fourth-order valence-electron chi connectivity index (χ4n) is 1.40. The summed E-state index contributed by atoms with van der Waals surface area (Å²) in [5.74, 6) is 0.607. The van der Waals surface area contributed by atoms with Crippen molar-refractivity contribution in [3.8, 4) is 5.75 Å². The van der Waals surface area contributed by atoms with Crippen LogP contribution >= 0.6 is 11.6 Å². The molecule has 1 aromatic rings. The quantitative estimate of drug-likeness (QED) is 0.716. The smallest absolute Gasteiger partial charge is 0.153 e. The van der Waals surface area contributed by atoms with E-state index < -0.39 is 0 Å². The van der Waals surface area contributed by atoms with Crippen molar-refractivity contribution in [1.82, 2.24) is 0 Å². The summed E-state index contributed by atoms with van der Waals surface area (Å²) in [6.07, 6.45) is 2.92. The first-order valence-electron chi connectivity index (χ1n) is 5.08. The molecule has 0 saturated carbocycles. The predicted octanol–water partition coefficient (Wildman–Crippen LogP) is 3.72. The van der Waals surface area contributed by atoms with Crippen molar-refractivity contribution >= 4 is 17.9 Å². The average Bonchev–Trinajstić information content (AvgIpc) is 2.21. The van der Waals surface area contributed by atoms with Crippen molar-refractivity contribution in [3.63, 3.8) is 0 Å². The molecule has 0 aliphatic carbocycles. The summed E-state index contributed by atoms with van der Waals surface area (Å²) in [6, 6.07) is 5.07. The molecule has 3 heteroatoms. The van der Waals surface area contributed by atoms with Gasteiger partial charge in [-0.2, -0.15) is 0 Å². The van der Waals surface area contributed by atoms with Crippen LogP contribution in [0, 0.1) is 0 Å². The number of carbonyl (C=O) groups excluding carboxylic acids is 1. The van der Waals surface area contributed by atoms with Crippen molar-refractivity contribution in [3.05, 3.63) is 28.8 Å². The molecule has 2 nitrogen and oxygen atoms in total. The Hall–Kier alpha value is -1.02. The standard InChI is InChI=1S/C12H15ClO2/c1-3-4-9(2)15-12-6-5-11(13)7-10(12)8-14/h5-9H,3-4H2,1-2H3. The van der Waals surface area contributed by atoms with Gasteiger partial charge in [-0.25, -0.2) is 0 Å². The number of ether oxygens (including phenoxy) is 1. The highest BCUT2D eigenvalue weighted by Crippen LogP contribution is 2.23. The summed E-state index contributed by atoms with van der Waals surface area (Å²) in [5.41, 5.74) is 0.505. The van der Waals surface area contributed by atoms with Gasteiger partial charge in [0.2, 0.25) is 0 Å². The van der Waals surface area contributed by atoms with Crippen molar-refractivity contribution in [2.75, 3.05) is 0 Å². The summed E-state index contributed by atoms with van der Waals surface area (Å²) in [5, 5.41) is 0.549. The van der Waals surface area contributed by atoms with E-state index in [-0.39, 0.29) is 6.10 Å². The van der Waals surface area contributed by atoms with Gasteiger partial charge in [-0.15, -0.1) is 0 Å². The van der Waals surface area contributed by atoms with E-state index in [9.17, 15) is 4.79 Å². The Balaban J connectivity index is 2.80. The van der Waals surface area contributed by atoms with E-state index in [1.54, 1.807) is 18.2 Å². The highest BCUT2D eigenvalue weighted by molar-refractivity contribution is 6.30. The van der Waals surface area contributed by atoms with Crippen LogP contribution in [-0.2, 0) is 0 Å². The topological polar surface area (TPSA) is 26.3 Å². The molecular weight excluding hydrogens is 212 g/mol. The van der Waals surface area contributed by atoms with Gasteiger partial charge in [-0.05, 0) is 31.5 Å².